The van der Waals surface area contributed by atoms with Gasteiger partial charge in [0.15, 0.2) is 11.5 Å². The number of carbonyl (C=O) groups excluding carboxylic acids is 1. The molecule has 3 nitrogen and oxygen atoms in total. The first-order valence-corrected chi connectivity index (χ1v) is 6.84. The minimum absolute atomic E-state index is 0.0660. The number of rotatable bonds is 5. The van der Waals surface area contributed by atoms with Crippen molar-refractivity contribution >= 4 is 6.29 Å². The minimum atomic E-state index is -0.272. The number of carbonyl (C=O) groups is 1. The summed E-state index contributed by atoms with van der Waals surface area (Å²) in [7, 11) is 0. The van der Waals surface area contributed by atoms with Crippen LogP contribution in [-0.2, 0) is 6.42 Å². The lowest BCUT2D eigenvalue weighted by Gasteiger charge is -2.08. The molecule has 0 spiro atoms. The van der Waals surface area contributed by atoms with Crippen molar-refractivity contribution in [1.29, 1.82) is 0 Å². The molecule has 21 heavy (non-hydrogen) atoms. The molecule has 0 aliphatic carbocycles. The average Bonchev–Trinajstić information content (AvgIpc) is 2.52. The molecular weight excluding hydrogens is 271 g/mol. The van der Waals surface area contributed by atoms with Gasteiger partial charge in [0.25, 0.3) is 0 Å². The number of halogens is 1. The molecule has 0 saturated carbocycles. The highest BCUT2D eigenvalue weighted by atomic mass is 19.1. The minimum Gasteiger partial charge on any atom is -0.504 e. The van der Waals surface area contributed by atoms with E-state index in [0.29, 0.717) is 30.6 Å². The summed E-state index contributed by atoms with van der Waals surface area (Å²) in [6.07, 6.45) is 1.26. The second kappa shape index (κ2) is 8.74. The van der Waals surface area contributed by atoms with E-state index in [4.69, 9.17) is 4.74 Å². The van der Waals surface area contributed by atoms with Crippen LogP contribution < -0.4 is 4.74 Å². The maximum absolute atomic E-state index is 12.7. The van der Waals surface area contributed by atoms with Crippen molar-refractivity contribution in [2.75, 3.05) is 6.61 Å². The normalized spacial score (nSPS) is 9.48. The molecule has 0 unspecified atom stereocenters. The molecule has 112 valence electrons. The van der Waals surface area contributed by atoms with Crippen molar-refractivity contribution in [2.24, 2.45) is 0 Å². The summed E-state index contributed by atoms with van der Waals surface area (Å²) in [6, 6.07) is 10.6. The summed E-state index contributed by atoms with van der Waals surface area (Å²) < 4.78 is 18.1. The highest BCUT2D eigenvalue weighted by Gasteiger charge is 2.03. The first-order valence-electron chi connectivity index (χ1n) is 6.84. The molecule has 0 amide bonds. The molecule has 0 fully saturated rings. The van der Waals surface area contributed by atoms with E-state index in [1.54, 1.807) is 24.3 Å². The van der Waals surface area contributed by atoms with Gasteiger partial charge in [0.05, 0.1) is 6.61 Å². The Morgan fingerprint density at radius 1 is 1.14 bits per heavy atom. The molecule has 2 rings (SSSR count). The zero-order chi connectivity index (χ0) is 15.7. The molecule has 0 aliphatic heterocycles. The Labute approximate surface area is 124 Å². The number of benzene rings is 2. The summed E-state index contributed by atoms with van der Waals surface area (Å²) >= 11 is 0. The lowest BCUT2D eigenvalue weighted by Crippen LogP contribution is -2.01. The van der Waals surface area contributed by atoms with Crippen LogP contribution in [0, 0.1) is 5.82 Å². The molecule has 0 aromatic heterocycles. The van der Waals surface area contributed by atoms with Crippen LogP contribution in [0.4, 0.5) is 4.39 Å². The van der Waals surface area contributed by atoms with Crippen LogP contribution in [0.1, 0.15) is 29.8 Å². The second-order valence-electron chi connectivity index (χ2n) is 4.07. The van der Waals surface area contributed by atoms with Crippen LogP contribution in [0.15, 0.2) is 42.5 Å². The van der Waals surface area contributed by atoms with Crippen molar-refractivity contribution < 1.29 is 19.0 Å². The van der Waals surface area contributed by atoms with E-state index in [-0.39, 0.29) is 11.6 Å². The van der Waals surface area contributed by atoms with Gasteiger partial charge in [-0.25, -0.2) is 4.39 Å². The van der Waals surface area contributed by atoms with Crippen molar-refractivity contribution in [3.8, 4) is 11.5 Å². The van der Waals surface area contributed by atoms with Gasteiger partial charge in [-0.15, -0.1) is 0 Å². The SMILES string of the molecule is CC.O=Cc1ccc(OCCc2ccc(F)cc2)c(O)c1. The number of phenols is 1. The molecule has 1 N–H and O–H groups in total. The van der Waals surface area contributed by atoms with Crippen LogP contribution in [-0.4, -0.2) is 18.0 Å². The number of aldehydes is 1. The van der Waals surface area contributed by atoms with E-state index in [0.717, 1.165) is 5.56 Å². The molecule has 0 atom stereocenters. The molecule has 2 aromatic rings. The van der Waals surface area contributed by atoms with Crippen LogP contribution >= 0.6 is 0 Å². The van der Waals surface area contributed by atoms with Gasteiger partial charge in [0.2, 0.25) is 0 Å². The third kappa shape index (κ3) is 5.26. The monoisotopic (exact) mass is 290 g/mol. The largest absolute Gasteiger partial charge is 0.504 e. The summed E-state index contributed by atoms with van der Waals surface area (Å²) in [4.78, 5) is 10.5. The number of hydrogen-bond acceptors (Lipinski definition) is 3. The standard InChI is InChI=1S/C15H13FO3.C2H6/c16-13-4-1-11(2-5-13)7-8-19-15-6-3-12(10-17)9-14(15)18;1-2/h1-6,9-10,18H,7-8H2;1-2H3. The van der Waals surface area contributed by atoms with Crippen molar-refractivity contribution in [3.05, 3.63) is 59.4 Å². The van der Waals surface area contributed by atoms with Crippen LogP contribution in [0.25, 0.3) is 0 Å². The van der Waals surface area contributed by atoms with E-state index in [1.807, 2.05) is 13.8 Å². The third-order valence-electron chi connectivity index (χ3n) is 2.68. The number of aromatic hydroxyl groups is 1. The van der Waals surface area contributed by atoms with Crippen LogP contribution in [0.3, 0.4) is 0 Å². The number of phenolic OH excluding ortho intramolecular Hbond substituents is 1. The summed E-state index contributed by atoms with van der Waals surface area (Å²) in [6.45, 7) is 4.36. The predicted octanol–water partition coefficient (Wildman–Crippen LogP) is 3.99. The van der Waals surface area contributed by atoms with E-state index in [9.17, 15) is 14.3 Å². The van der Waals surface area contributed by atoms with Crippen molar-refractivity contribution in [1.82, 2.24) is 0 Å². The van der Waals surface area contributed by atoms with Gasteiger partial charge in [0, 0.05) is 12.0 Å². The highest BCUT2D eigenvalue weighted by Crippen LogP contribution is 2.26. The fourth-order valence-corrected chi connectivity index (χ4v) is 1.66. The first kappa shape index (κ1) is 16.7. The molecule has 0 bridgehead atoms. The zero-order valence-electron chi connectivity index (χ0n) is 12.2. The Balaban J connectivity index is 0.00000106. The Morgan fingerprint density at radius 3 is 2.38 bits per heavy atom. The van der Waals surface area contributed by atoms with Gasteiger partial charge in [-0.2, -0.15) is 0 Å². The Bertz CT molecular complexity index is 565. The topological polar surface area (TPSA) is 46.5 Å². The van der Waals surface area contributed by atoms with Gasteiger partial charge < -0.3 is 9.84 Å². The fourth-order valence-electron chi connectivity index (χ4n) is 1.66. The van der Waals surface area contributed by atoms with E-state index < -0.39 is 0 Å². The number of ether oxygens (including phenoxy) is 1. The zero-order valence-corrected chi connectivity index (χ0v) is 12.2. The Hall–Kier alpha value is -2.36. The van der Waals surface area contributed by atoms with Crippen molar-refractivity contribution in [2.45, 2.75) is 20.3 Å². The number of hydrogen-bond donors (Lipinski definition) is 1. The summed E-state index contributed by atoms with van der Waals surface area (Å²) in [5, 5.41) is 9.62. The van der Waals surface area contributed by atoms with E-state index in [2.05, 4.69) is 0 Å². The second-order valence-corrected chi connectivity index (χ2v) is 4.07. The third-order valence-corrected chi connectivity index (χ3v) is 2.68. The highest BCUT2D eigenvalue weighted by molar-refractivity contribution is 5.76. The van der Waals surface area contributed by atoms with Crippen LogP contribution in [0.2, 0.25) is 0 Å². The van der Waals surface area contributed by atoms with E-state index >= 15 is 0 Å². The molecule has 4 heteroatoms. The van der Waals surface area contributed by atoms with Gasteiger partial charge in [-0.05, 0) is 35.9 Å². The average molecular weight is 290 g/mol. The summed E-state index contributed by atoms with van der Waals surface area (Å²) in [5.74, 6) is -0.0109. The van der Waals surface area contributed by atoms with E-state index in [1.165, 1.54) is 18.2 Å². The van der Waals surface area contributed by atoms with Gasteiger partial charge in [-0.1, -0.05) is 26.0 Å². The fraction of sp³-hybridized carbons (Fsp3) is 0.235. The predicted molar refractivity (Wildman–Crippen MR) is 80.4 cm³/mol. The first-order chi connectivity index (χ1) is 10.2. The maximum Gasteiger partial charge on any atom is 0.160 e. The molecule has 0 heterocycles. The van der Waals surface area contributed by atoms with Crippen molar-refractivity contribution in [3.63, 3.8) is 0 Å². The molecule has 0 aliphatic rings. The molecule has 0 saturated heterocycles. The smallest absolute Gasteiger partial charge is 0.160 e. The molecule has 0 radical (unpaired) electrons. The van der Waals surface area contributed by atoms with Crippen LogP contribution in [0.5, 0.6) is 11.5 Å². The van der Waals surface area contributed by atoms with Gasteiger partial charge in [0.1, 0.15) is 12.1 Å². The molecule has 2 aromatic carbocycles. The lowest BCUT2D eigenvalue weighted by atomic mass is 10.1. The van der Waals surface area contributed by atoms with Gasteiger partial charge in [-0.3, -0.25) is 4.79 Å². The molecular formula is C17H19FO3. The lowest BCUT2D eigenvalue weighted by molar-refractivity contribution is 0.112. The maximum atomic E-state index is 12.7. The Kier molecular flexibility index (Phi) is 6.95. The van der Waals surface area contributed by atoms with Gasteiger partial charge >= 0.3 is 0 Å². The summed E-state index contributed by atoms with van der Waals surface area (Å²) in [5.41, 5.74) is 1.34. The Morgan fingerprint density at radius 2 is 1.81 bits per heavy atom. The quantitative estimate of drug-likeness (QED) is 0.847.